The molecule has 2 N–H and O–H groups in total. The summed E-state index contributed by atoms with van der Waals surface area (Å²) in [6, 6.07) is 2.13. The third-order valence-electron chi connectivity index (χ3n) is 6.17. The molecule has 2 saturated heterocycles. The number of aromatic nitrogens is 3. The highest BCUT2D eigenvalue weighted by molar-refractivity contribution is 7.15. The molecule has 2 aliphatic rings. The van der Waals surface area contributed by atoms with E-state index in [-0.39, 0.29) is 11.9 Å². The molecule has 0 unspecified atom stereocenters. The number of likely N-dealkylation sites (tertiary alicyclic amines) is 1. The highest BCUT2D eigenvalue weighted by atomic mass is 32.1. The second kappa shape index (κ2) is 11.0. The Morgan fingerprint density at radius 2 is 2.03 bits per heavy atom. The minimum atomic E-state index is -0.0242. The largest absolute Gasteiger partial charge is 0.350 e. The molecule has 0 bridgehead atoms. The third-order valence-corrected chi connectivity index (χ3v) is 7.00. The van der Waals surface area contributed by atoms with Gasteiger partial charge in [-0.2, -0.15) is 4.98 Å². The summed E-state index contributed by atoms with van der Waals surface area (Å²) in [6.45, 7) is 15.4. The zero-order valence-electron chi connectivity index (χ0n) is 19.6. The molecule has 4 heterocycles. The number of piperazine rings is 1. The summed E-state index contributed by atoms with van der Waals surface area (Å²) in [5.74, 6) is 1.30. The molecule has 1 amide bonds. The standard InChI is InChI=1S/C23H34N8OS/c1-4-21(32)31-8-6-7-18(16-31)25-22-26-19(15-30-11-9-29(5-2)10-12-30)13-20(27-22)28-23-24-14-17(3)33-23/h4,13-14,18H,1,5-12,15-16H2,2-3H3,(H2,24,25,26,27,28)/t18-/m0/s1. The lowest BCUT2D eigenvalue weighted by molar-refractivity contribution is -0.127. The third kappa shape index (κ3) is 6.49. The number of carbonyl (C=O) groups is 1. The summed E-state index contributed by atoms with van der Waals surface area (Å²) < 4.78 is 0. The molecule has 0 aliphatic carbocycles. The Kier molecular flexibility index (Phi) is 7.89. The van der Waals surface area contributed by atoms with Crippen LogP contribution in [0.2, 0.25) is 0 Å². The van der Waals surface area contributed by atoms with Crippen molar-refractivity contribution >= 4 is 34.1 Å². The molecule has 2 aliphatic heterocycles. The molecule has 1 atom stereocenters. The van der Waals surface area contributed by atoms with Crippen LogP contribution in [0.4, 0.5) is 16.9 Å². The van der Waals surface area contributed by atoms with Crippen LogP contribution < -0.4 is 10.6 Å². The van der Waals surface area contributed by atoms with E-state index in [1.54, 1.807) is 11.3 Å². The van der Waals surface area contributed by atoms with Crippen LogP contribution >= 0.6 is 11.3 Å². The smallest absolute Gasteiger partial charge is 0.246 e. The van der Waals surface area contributed by atoms with Crippen LogP contribution in [-0.2, 0) is 11.3 Å². The van der Waals surface area contributed by atoms with Crippen LogP contribution in [0.25, 0.3) is 0 Å². The van der Waals surface area contributed by atoms with Gasteiger partial charge in [-0.3, -0.25) is 9.69 Å². The maximum Gasteiger partial charge on any atom is 0.246 e. The number of rotatable bonds is 8. The van der Waals surface area contributed by atoms with Gasteiger partial charge in [-0.1, -0.05) is 13.5 Å². The summed E-state index contributed by atoms with van der Waals surface area (Å²) in [6.07, 6.45) is 5.16. The van der Waals surface area contributed by atoms with E-state index < -0.39 is 0 Å². The molecular weight excluding hydrogens is 436 g/mol. The maximum absolute atomic E-state index is 12.1. The average molecular weight is 471 g/mol. The first kappa shape index (κ1) is 23.6. The maximum atomic E-state index is 12.1. The van der Waals surface area contributed by atoms with E-state index in [1.165, 1.54) is 6.08 Å². The highest BCUT2D eigenvalue weighted by Crippen LogP contribution is 2.23. The van der Waals surface area contributed by atoms with Gasteiger partial charge in [0.05, 0.1) is 5.69 Å². The number of piperidine rings is 1. The van der Waals surface area contributed by atoms with Crippen molar-refractivity contribution in [3.63, 3.8) is 0 Å². The van der Waals surface area contributed by atoms with Gasteiger partial charge in [0.15, 0.2) is 5.13 Å². The molecule has 178 valence electrons. The molecule has 10 heteroatoms. The molecule has 0 spiro atoms. The number of carbonyl (C=O) groups excluding carboxylic acids is 1. The van der Waals surface area contributed by atoms with Crippen molar-refractivity contribution in [1.29, 1.82) is 0 Å². The van der Waals surface area contributed by atoms with Crippen molar-refractivity contribution in [3.05, 3.63) is 35.5 Å². The van der Waals surface area contributed by atoms with Gasteiger partial charge in [-0.15, -0.1) is 11.3 Å². The summed E-state index contributed by atoms with van der Waals surface area (Å²) in [7, 11) is 0. The summed E-state index contributed by atoms with van der Waals surface area (Å²) in [5.41, 5.74) is 0.975. The van der Waals surface area contributed by atoms with E-state index in [1.807, 2.05) is 24.1 Å². The van der Waals surface area contributed by atoms with Crippen molar-refractivity contribution in [2.75, 3.05) is 56.4 Å². The second-order valence-corrected chi connectivity index (χ2v) is 9.89. The molecular formula is C23H34N8OS. The topological polar surface area (TPSA) is 89.5 Å². The van der Waals surface area contributed by atoms with E-state index in [2.05, 4.69) is 38.9 Å². The van der Waals surface area contributed by atoms with Gasteiger partial charge < -0.3 is 20.4 Å². The molecule has 4 rings (SSSR count). The van der Waals surface area contributed by atoms with Gasteiger partial charge in [-0.05, 0) is 32.4 Å². The minimum Gasteiger partial charge on any atom is -0.350 e. The minimum absolute atomic E-state index is 0.0242. The van der Waals surface area contributed by atoms with Crippen LogP contribution in [0.1, 0.15) is 30.3 Å². The van der Waals surface area contributed by atoms with Crippen LogP contribution in [0, 0.1) is 6.92 Å². The number of thiazole rings is 1. The lowest BCUT2D eigenvalue weighted by Gasteiger charge is -2.34. The number of anilines is 3. The van der Waals surface area contributed by atoms with Crippen molar-refractivity contribution in [2.45, 2.75) is 39.3 Å². The first-order chi connectivity index (χ1) is 16.0. The van der Waals surface area contributed by atoms with Crippen LogP contribution in [0.15, 0.2) is 24.9 Å². The van der Waals surface area contributed by atoms with E-state index in [0.29, 0.717) is 12.5 Å². The zero-order chi connectivity index (χ0) is 23.2. The number of nitrogens with one attached hydrogen (secondary N) is 2. The fourth-order valence-corrected chi connectivity index (χ4v) is 5.00. The predicted molar refractivity (Wildman–Crippen MR) is 133 cm³/mol. The Bertz CT molecular complexity index is 956. The van der Waals surface area contributed by atoms with Crippen LogP contribution in [0.5, 0.6) is 0 Å². The fraction of sp³-hybridized carbons (Fsp3) is 0.565. The van der Waals surface area contributed by atoms with Gasteiger partial charge in [0.1, 0.15) is 5.82 Å². The van der Waals surface area contributed by atoms with Crippen molar-refractivity contribution in [3.8, 4) is 0 Å². The molecule has 0 radical (unpaired) electrons. The number of amides is 1. The normalized spacial score (nSPS) is 19.9. The molecule has 2 aromatic heterocycles. The van der Waals surface area contributed by atoms with Gasteiger partial charge in [0, 0.05) is 69.0 Å². The van der Waals surface area contributed by atoms with Crippen molar-refractivity contribution < 1.29 is 4.79 Å². The van der Waals surface area contributed by atoms with Gasteiger partial charge in [0.2, 0.25) is 11.9 Å². The number of aryl methyl sites for hydroxylation is 1. The van der Waals surface area contributed by atoms with Crippen LogP contribution in [-0.4, -0.2) is 87.4 Å². The fourth-order valence-electron chi connectivity index (χ4n) is 4.33. The van der Waals surface area contributed by atoms with Gasteiger partial charge in [-0.25, -0.2) is 9.97 Å². The SMILES string of the molecule is C=CC(=O)N1CCC[C@H](Nc2nc(CN3CCN(CC)CC3)cc(Nc3ncc(C)s3)n2)C1. The lowest BCUT2D eigenvalue weighted by Crippen LogP contribution is -2.45. The number of hydrogen-bond donors (Lipinski definition) is 2. The average Bonchev–Trinajstić information content (AvgIpc) is 3.23. The zero-order valence-corrected chi connectivity index (χ0v) is 20.4. The summed E-state index contributed by atoms with van der Waals surface area (Å²) >= 11 is 1.60. The molecule has 0 saturated carbocycles. The second-order valence-electron chi connectivity index (χ2n) is 8.65. The van der Waals surface area contributed by atoms with E-state index in [9.17, 15) is 4.79 Å². The molecule has 2 fully saturated rings. The Hall–Kier alpha value is -2.56. The summed E-state index contributed by atoms with van der Waals surface area (Å²) in [4.78, 5) is 33.9. The molecule has 9 nitrogen and oxygen atoms in total. The van der Waals surface area contributed by atoms with Crippen LogP contribution in [0.3, 0.4) is 0 Å². The quantitative estimate of drug-likeness (QED) is 0.570. The van der Waals surface area contributed by atoms with Crippen molar-refractivity contribution in [2.24, 2.45) is 0 Å². The Morgan fingerprint density at radius 3 is 2.73 bits per heavy atom. The number of nitrogens with zero attached hydrogens (tertiary/aromatic N) is 6. The highest BCUT2D eigenvalue weighted by Gasteiger charge is 2.23. The monoisotopic (exact) mass is 470 g/mol. The molecule has 2 aromatic rings. The molecule has 0 aromatic carbocycles. The van der Waals surface area contributed by atoms with Crippen molar-refractivity contribution in [1.82, 2.24) is 29.7 Å². The van der Waals surface area contributed by atoms with Gasteiger partial charge in [0.25, 0.3) is 0 Å². The Morgan fingerprint density at radius 1 is 1.24 bits per heavy atom. The first-order valence-electron chi connectivity index (χ1n) is 11.7. The molecule has 33 heavy (non-hydrogen) atoms. The number of likely N-dealkylation sites (N-methyl/N-ethyl adjacent to an activating group) is 1. The van der Waals surface area contributed by atoms with E-state index in [0.717, 1.165) is 80.2 Å². The summed E-state index contributed by atoms with van der Waals surface area (Å²) in [5, 5.41) is 7.64. The first-order valence-corrected chi connectivity index (χ1v) is 12.5. The predicted octanol–water partition coefficient (Wildman–Crippen LogP) is 2.71. The lowest BCUT2D eigenvalue weighted by atomic mass is 10.1. The van der Waals surface area contributed by atoms with E-state index in [4.69, 9.17) is 9.97 Å². The number of hydrogen-bond acceptors (Lipinski definition) is 9. The van der Waals surface area contributed by atoms with E-state index >= 15 is 0 Å². The van der Waals surface area contributed by atoms with Gasteiger partial charge >= 0.3 is 0 Å². The Balaban J connectivity index is 1.49. The Labute approximate surface area is 199 Å².